The van der Waals surface area contributed by atoms with Crippen LogP contribution in [0.1, 0.15) is 11.1 Å². The maximum Gasteiger partial charge on any atom is 0.240 e. The summed E-state index contributed by atoms with van der Waals surface area (Å²) in [6.45, 7) is 2.04. The van der Waals surface area contributed by atoms with E-state index >= 15 is 0 Å². The Bertz CT molecular complexity index is 1010. The van der Waals surface area contributed by atoms with E-state index in [-0.39, 0.29) is 17.3 Å². The van der Waals surface area contributed by atoms with Crippen molar-refractivity contribution in [3.8, 4) is 5.75 Å². The quantitative estimate of drug-likeness (QED) is 0.708. The first kappa shape index (κ1) is 17.4. The van der Waals surface area contributed by atoms with Crippen molar-refractivity contribution in [2.24, 2.45) is 0 Å². The zero-order valence-electron chi connectivity index (χ0n) is 14.0. The predicted octanol–water partition coefficient (Wildman–Crippen LogP) is 3.15. The van der Waals surface area contributed by atoms with Gasteiger partial charge in [-0.15, -0.1) is 0 Å². The number of aryl methyl sites for hydroxylation is 1. The van der Waals surface area contributed by atoms with Gasteiger partial charge >= 0.3 is 0 Å². The Kier molecular flexibility index (Phi) is 4.78. The van der Waals surface area contributed by atoms with Gasteiger partial charge in [-0.1, -0.05) is 0 Å². The molecule has 5 nitrogen and oxygen atoms in total. The maximum atomic E-state index is 13.2. The molecule has 0 aliphatic rings. The summed E-state index contributed by atoms with van der Waals surface area (Å²) in [5.41, 5.74) is 2.39. The Labute approximate surface area is 145 Å². The van der Waals surface area contributed by atoms with Crippen molar-refractivity contribution >= 4 is 20.9 Å². The fraction of sp³-hybridized carbons (Fsp3) is 0.222. The third-order valence-electron chi connectivity index (χ3n) is 4.09. The molecule has 0 fully saturated rings. The van der Waals surface area contributed by atoms with E-state index < -0.39 is 10.0 Å². The molecular weight excluding hydrogens is 343 g/mol. The molecule has 3 aromatic rings. The van der Waals surface area contributed by atoms with Crippen LogP contribution in [0.2, 0.25) is 0 Å². The molecule has 25 heavy (non-hydrogen) atoms. The van der Waals surface area contributed by atoms with E-state index in [1.807, 2.05) is 0 Å². The molecular formula is C18H19FN2O3S. The molecule has 1 heterocycles. The van der Waals surface area contributed by atoms with Crippen LogP contribution in [0.4, 0.5) is 4.39 Å². The van der Waals surface area contributed by atoms with Crippen LogP contribution in [0.3, 0.4) is 0 Å². The molecule has 0 saturated heterocycles. The highest BCUT2D eigenvalue weighted by atomic mass is 32.2. The van der Waals surface area contributed by atoms with Crippen molar-refractivity contribution in [3.63, 3.8) is 0 Å². The minimum atomic E-state index is -3.60. The molecule has 132 valence electrons. The molecule has 0 spiro atoms. The molecule has 3 rings (SSSR count). The number of H-pyrrole nitrogens is 1. The minimum Gasteiger partial charge on any atom is -0.496 e. The summed E-state index contributed by atoms with van der Waals surface area (Å²) in [5, 5.41) is 0.890. The van der Waals surface area contributed by atoms with Crippen LogP contribution in [0.25, 0.3) is 10.9 Å². The van der Waals surface area contributed by atoms with Gasteiger partial charge in [-0.3, -0.25) is 0 Å². The van der Waals surface area contributed by atoms with Crippen molar-refractivity contribution in [1.82, 2.24) is 9.71 Å². The van der Waals surface area contributed by atoms with Crippen molar-refractivity contribution < 1.29 is 17.5 Å². The topological polar surface area (TPSA) is 71.2 Å². The van der Waals surface area contributed by atoms with E-state index in [1.165, 1.54) is 18.2 Å². The highest BCUT2D eigenvalue weighted by molar-refractivity contribution is 7.89. The van der Waals surface area contributed by atoms with Crippen LogP contribution in [0.15, 0.2) is 47.5 Å². The van der Waals surface area contributed by atoms with Crippen LogP contribution in [-0.4, -0.2) is 27.1 Å². The molecule has 0 atom stereocenters. The molecule has 1 aromatic heterocycles. The number of fused-ring (bicyclic) bond motifs is 1. The normalized spacial score (nSPS) is 11.8. The standard InChI is InChI=1S/C18H19FN2O3S/c1-12-9-15(4-6-18(12)24-2)25(22,23)21-8-7-13-11-20-17-10-14(19)3-5-16(13)17/h3-6,9-11,20-21H,7-8H2,1-2H3. The fourth-order valence-electron chi connectivity index (χ4n) is 2.79. The lowest BCUT2D eigenvalue weighted by Gasteiger charge is -2.09. The van der Waals surface area contributed by atoms with E-state index in [0.717, 1.165) is 16.5 Å². The number of ether oxygens (including phenoxy) is 1. The molecule has 2 aromatic carbocycles. The van der Waals surface area contributed by atoms with E-state index in [4.69, 9.17) is 4.74 Å². The summed E-state index contributed by atoms with van der Waals surface area (Å²) in [4.78, 5) is 3.20. The maximum absolute atomic E-state index is 13.2. The zero-order valence-corrected chi connectivity index (χ0v) is 14.8. The molecule has 7 heteroatoms. The van der Waals surface area contributed by atoms with Gasteiger partial charge in [0.25, 0.3) is 0 Å². The smallest absolute Gasteiger partial charge is 0.240 e. The van der Waals surface area contributed by atoms with E-state index in [0.29, 0.717) is 17.7 Å². The number of sulfonamides is 1. The number of rotatable bonds is 6. The number of hydrogen-bond donors (Lipinski definition) is 2. The average molecular weight is 362 g/mol. The molecule has 0 unspecified atom stereocenters. The van der Waals surface area contributed by atoms with Gasteiger partial charge in [0.15, 0.2) is 0 Å². The number of halogens is 1. The SMILES string of the molecule is COc1ccc(S(=O)(=O)NCCc2c[nH]c3cc(F)ccc23)cc1C. The highest BCUT2D eigenvalue weighted by Crippen LogP contribution is 2.22. The second-order valence-electron chi connectivity index (χ2n) is 5.78. The number of benzene rings is 2. The summed E-state index contributed by atoms with van der Waals surface area (Å²) < 4.78 is 45.8. The Morgan fingerprint density at radius 3 is 2.72 bits per heavy atom. The fourth-order valence-corrected chi connectivity index (χ4v) is 3.90. The molecule has 0 aliphatic carbocycles. The van der Waals surface area contributed by atoms with Gasteiger partial charge in [-0.05, 0) is 60.9 Å². The molecule has 0 bridgehead atoms. The van der Waals surface area contributed by atoms with E-state index in [1.54, 1.807) is 38.4 Å². The van der Waals surface area contributed by atoms with Crippen LogP contribution in [0.5, 0.6) is 5.75 Å². The predicted molar refractivity (Wildman–Crippen MR) is 94.9 cm³/mol. The van der Waals surface area contributed by atoms with Crippen molar-refractivity contribution in [1.29, 1.82) is 0 Å². The van der Waals surface area contributed by atoms with Crippen LogP contribution in [-0.2, 0) is 16.4 Å². The van der Waals surface area contributed by atoms with Crippen LogP contribution in [0, 0.1) is 12.7 Å². The lowest BCUT2D eigenvalue weighted by atomic mass is 10.1. The lowest BCUT2D eigenvalue weighted by molar-refractivity contribution is 0.411. The second-order valence-corrected chi connectivity index (χ2v) is 7.55. The summed E-state index contributed by atoms with van der Waals surface area (Å²) in [7, 11) is -2.05. The Hall–Kier alpha value is -2.38. The van der Waals surface area contributed by atoms with Crippen LogP contribution < -0.4 is 9.46 Å². The first-order valence-corrected chi connectivity index (χ1v) is 9.29. The van der Waals surface area contributed by atoms with Gasteiger partial charge in [0.05, 0.1) is 12.0 Å². The number of aromatic nitrogens is 1. The first-order chi connectivity index (χ1) is 11.9. The Morgan fingerprint density at radius 1 is 1.20 bits per heavy atom. The molecule has 0 saturated carbocycles. The molecule has 0 radical (unpaired) electrons. The van der Waals surface area contributed by atoms with E-state index in [9.17, 15) is 12.8 Å². The zero-order chi connectivity index (χ0) is 18.0. The van der Waals surface area contributed by atoms with Crippen molar-refractivity contribution in [3.05, 3.63) is 59.5 Å². The first-order valence-electron chi connectivity index (χ1n) is 7.80. The average Bonchev–Trinajstić information content (AvgIpc) is 2.96. The number of methoxy groups -OCH3 is 1. The summed E-state index contributed by atoms with van der Waals surface area (Å²) in [5.74, 6) is 0.335. The van der Waals surface area contributed by atoms with Gasteiger partial charge in [0.2, 0.25) is 10.0 Å². The third kappa shape index (κ3) is 3.67. The Balaban J connectivity index is 1.70. The minimum absolute atomic E-state index is 0.201. The number of nitrogens with one attached hydrogen (secondary N) is 2. The summed E-state index contributed by atoms with van der Waals surface area (Å²) in [6, 6.07) is 9.24. The van der Waals surface area contributed by atoms with E-state index in [2.05, 4.69) is 9.71 Å². The van der Waals surface area contributed by atoms with Gasteiger partial charge in [0, 0.05) is 23.6 Å². The molecule has 0 aliphatic heterocycles. The summed E-state index contributed by atoms with van der Waals surface area (Å²) in [6.07, 6.45) is 2.27. The molecule has 2 N–H and O–H groups in total. The van der Waals surface area contributed by atoms with Crippen LogP contribution >= 0.6 is 0 Å². The largest absolute Gasteiger partial charge is 0.496 e. The van der Waals surface area contributed by atoms with Gasteiger partial charge in [-0.25, -0.2) is 17.5 Å². The molecule has 0 amide bonds. The number of aromatic amines is 1. The van der Waals surface area contributed by atoms with Gasteiger partial charge in [-0.2, -0.15) is 0 Å². The monoisotopic (exact) mass is 362 g/mol. The summed E-state index contributed by atoms with van der Waals surface area (Å²) >= 11 is 0. The van der Waals surface area contributed by atoms with Gasteiger partial charge < -0.3 is 9.72 Å². The van der Waals surface area contributed by atoms with Gasteiger partial charge in [0.1, 0.15) is 11.6 Å². The Morgan fingerprint density at radius 2 is 2.00 bits per heavy atom. The number of hydrogen-bond acceptors (Lipinski definition) is 3. The van der Waals surface area contributed by atoms with Crippen molar-refractivity contribution in [2.45, 2.75) is 18.2 Å². The van der Waals surface area contributed by atoms with Crippen molar-refractivity contribution in [2.75, 3.05) is 13.7 Å². The highest BCUT2D eigenvalue weighted by Gasteiger charge is 2.15. The third-order valence-corrected chi connectivity index (χ3v) is 5.55. The lowest BCUT2D eigenvalue weighted by Crippen LogP contribution is -2.26. The second kappa shape index (κ2) is 6.85.